The highest BCUT2D eigenvalue weighted by Crippen LogP contribution is 2.19. The van der Waals surface area contributed by atoms with Gasteiger partial charge in [0.05, 0.1) is 17.9 Å². The molecule has 0 saturated carbocycles. The molecule has 1 aromatic carbocycles. The van der Waals surface area contributed by atoms with E-state index in [1.165, 1.54) is 12.3 Å². The summed E-state index contributed by atoms with van der Waals surface area (Å²) in [6.45, 7) is 2.38. The molecular weight excluding hydrogens is 358 g/mol. The lowest BCUT2D eigenvalue weighted by Crippen LogP contribution is -2.24. The number of hydrogen-bond donors (Lipinski definition) is 2. The van der Waals surface area contributed by atoms with E-state index in [0.717, 1.165) is 5.56 Å². The minimum Gasteiger partial charge on any atom is -0.462 e. The van der Waals surface area contributed by atoms with Gasteiger partial charge in [-0.3, -0.25) is 9.78 Å². The van der Waals surface area contributed by atoms with Crippen LogP contribution in [-0.4, -0.2) is 33.4 Å². The summed E-state index contributed by atoms with van der Waals surface area (Å²) in [5.41, 5.74) is 2.00. The maximum absolute atomic E-state index is 12.4. The molecule has 2 N–H and O–H groups in total. The molecule has 2 heterocycles. The summed E-state index contributed by atoms with van der Waals surface area (Å²) < 4.78 is 5.05. The van der Waals surface area contributed by atoms with Crippen molar-refractivity contribution in [2.24, 2.45) is 0 Å². The van der Waals surface area contributed by atoms with E-state index < -0.39 is 5.97 Å². The molecule has 0 bridgehead atoms. The SMILES string of the molecule is CCOC(=O)c1ccccc1Nc1nccc(C(=O)NCc2ccncc2)n1. The highest BCUT2D eigenvalue weighted by Gasteiger charge is 2.14. The van der Waals surface area contributed by atoms with Crippen molar-refractivity contribution >= 4 is 23.5 Å². The fourth-order valence-electron chi connectivity index (χ4n) is 2.42. The number of nitrogens with one attached hydrogen (secondary N) is 2. The van der Waals surface area contributed by atoms with Gasteiger partial charge in [0.2, 0.25) is 5.95 Å². The number of anilines is 2. The van der Waals surface area contributed by atoms with Crippen molar-refractivity contribution < 1.29 is 14.3 Å². The van der Waals surface area contributed by atoms with E-state index in [4.69, 9.17) is 4.74 Å². The summed E-state index contributed by atoms with van der Waals surface area (Å²) in [5.74, 6) is -0.578. The van der Waals surface area contributed by atoms with Gasteiger partial charge in [-0.2, -0.15) is 0 Å². The molecule has 142 valence electrons. The van der Waals surface area contributed by atoms with Crippen LogP contribution in [0.3, 0.4) is 0 Å². The van der Waals surface area contributed by atoms with Gasteiger partial charge in [-0.25, -0.2) is 14.8 Å². The Balaban J connectivity index is 1.72. The minimum atomic E-state index is -0.447. The second kappa shape index (κ2) is 9.22. The van der Waals surface area contributed by atoms with Crippen LogP contribution < -0.4 is 10.6 Å². The van der Waals surface area contributed by atoms with Gasteiger partial charge in [0.25, 0.3) is 5.91 Å². The molecule has 0 unspecified atom stereocenters. The van der Waals surface area contributed by atoms with Gasteiger partial charge >= 0.3 is 5.97 Å². The summed E-state index contributed by atoms with van der Waals surface area (Å²) in [6.07, 6.45) is 4.80. The molecule has 8 heteroatoms. The van der Waals surface area contributed by atoms with Gasteiger partial charge < -0.3 is 15.4 Å². The maximum Gasteiger partial charge on any atom is 0.340 e. The Hall–Kier alpha value is -3.81. The van der Waals surface area contributed by atoms with E-state index in [9.17, 15) is 9.59 Å². The first kappa shape index (κ1) is 19.0. The van der Waals surface area contributed by atoms with Crippen LogP contribution in [0.5, 0.6) is 0 Å². The lowest BCUT2D eigenvalue weighted by atomic mass is 10.2. The third kappa shape index (κ3) is 4.88. The summed E-state index contributed by atoms with van der Waals surface area (Å²) in [6, 6.07) is 12.0. The van der Waals surface area contributed by atoms with Gasteiger partial charge in [0.15, 0.2) is 0 Å². The molecule has 2 aromatic heterocycles. The highest BCUT2D eigenvalue weighted by atomic mass is 16.5. The first-order chi connectivity index (χ1) is 13.7. The zero-order valence-electron chi connectivity index (χ0n) is 15.3. The van der Waals surface area contributed by atoms with Crippen LogP contribution in [-0.2, 0) is 11.3 Å². The number of para-hydroxylation sites is 1. The molecule has 0 radical (unpaired) electrons. The molecule has 0 spiro atoms. The maximum atomic E-state index is 12.4. The van der Waals surface area contributed by atoms with Crippen molar-refractivity contribution in [1.29, 1.82) is 0 Å². The average Bonchev–Trinajstić information content (AvgIpc) is 2.73. The van der Waals surface area contributed by atoms with E-state index in [1.54, 1.807) is 43.6 Å². The monoisotopic (exact) mass is 377 g/mol. The quantitative estimate of drug-likeness (QED) is 0.610. The number of aromatic nitrogens is 3. The molecule has 3 rings (SSSR count). The van der Waals surface area contributed by atoms with Crippen LogP contribution in [0, 0.1) is 0 Å². The van der Waals surface area contributed by atoms with Crippen LogP contribution in [0.15, 0.2) is 61.1 Å². The van der Waals surface area contributed by atoms with Gasteiger partial charge in [0, 0.05) is 25.1 Å². The topological polar surface area (TPSA) is 106 Å². The molecule has 0 saturated heterocycles. The molecule has 0 aliphatic carbocycles. The van der Waals surface area contributed by atoms with Gasteiger partial charge in [-0.05, 0) is 42.8 Å². The van der Waals surface area contributed by atoms with Gasteiger partial charge in [0.1, 0.15) is 5.69 Å². The number of hydrogen-bond acceptors (Lipinski definition) is 7. The molecule has 0 aliphatic rings. The molecular formula is C20H19N5O3. The lowest BCUT2D eigenvalue weighted by molar-refractivity contribution is 0.0527. The van der Waals surface area contributed by atoms with Crippen molar-refractivity contribution in [3.63, 3.8) is 0 Å². The zero-order valence-corrected chi connectivity index (χ0v) is 15.3. The van der Waals surface area contributed by atoms with Crippen molar-refractivity contribution in [2.45, 2.75) is 13.5 Å². The number of carbonyl (C=O) groups excluding carboxylic acids is 2. The predicted octanol–water partition coefficient (Wildman–Crippen LogP) is 2.72. The van der Waals surface area contributed by atoms with Crippen LogP contribution in [0.2, 0.25) is 0 Å². The second-order valence-corrected chi connectivity index (χ2v) is 5.69. The number of ether oxygens (including phenoxy) is 1. The van der Waals surface area contributed by atoms with Gasteiger partial charge in [-0.15, -0.1) is 0 Å². The Morgan fingerprint density at radius 2 is 1.82 bits per heavy atom. The summed E-state index contributed by atoms with van der Waals surface area (Å²) in [5, 5.41) is 5.76. The Bertz CT molecular complexity index is 963. The number of nitrogens with zero attached hydrogens (tertiary/aromatic N) is 3. The Morgan fingerprint density at radius 3 is 2.61 bits per heavy atom. The van der Waals surface area contributed by atoms with E-state index >= 15 is 0 Å². The van der Waals surface area contributed by atoms with Crippen molar-refractivity contribution in [3.8, 4) is 0 Å². The molecule has 0 fully saturated rings. The number of pyridine rings is 1. The van der Waals surface area contributed by atoms with Crippen molar-refractivity contribution in [3.05, 3.63) is 77.9 Å². The Labute approximate surface area is 162 Å². The number of carbonyl (C=O) groups is 2. The van der Waals surface area contributed by atoms with Crippen LogP contribution in [0.25, 0.3) is 0 Å². The van der Waals surface area contributed by atoms with Crippen molar-refractivity contribution in [1.82, 2.24) is 20.3 Å². The number of amides is 1. The highest BCUT2D eigenvalue weighted by molar-refractivity contribution is 5.96. The molecule has 0 aliphatic heterocycles. The third-order valence-corrected chi connectivity index (χ3v) is 3.76. The fraction of sp³-hybridized carbons (Fsp3) is 0.150. The van der Waals surface area contributed by atoms with E-state index in [1.807, 2.05) is 12.1 Å². The van der Waals surface area contributed by atoms with Crippen LogP contribution in [0.1, 0.15) is 33.3 Å². The fourth-order valence-corrected chi connectivity index (χ4v) is 2.42. The van der Waals surface area contributed by atoms with Crippen LogP contribution >= 0.6 is 0 Å². The number of rotatable bonds is 7. The van der Waals surface area contributed by atoms with Crippen molar-refractivity contribution in [2.75, 3.05) is 11.9 Å². The first-order valence-corrected chi connectivity index (χ1v) is 8.70. The minimum absolute atomic E-state index is 0.202. The summed E-state index contributed by atoms with van der Waals surface area (Å²) in [4.78, 5) is 36.7. The third-order valence-electron chi connectivity index (χ3n) is 3.76. The molecule has 1 amide bonds. The second-order valence-electron chi connectivity index (χ2n) is 5.69. The molecule has 28 heavy (non-hydrogen) atoms. The van der Waals surface area contributed by atoms with E-state index in [0.29, 0.717) is 17.8 Å². The Morgan fingerprint density at radius 1 is 1.04 bits per heavy atom. The largest absolute Gasteiger partial charge is 0.462 e. The van der Waals surface area contributed by atoms with E-state index in [-0.39, 0.29) is 24.2 Å². The van der Waals surface area contributed by atoms with Crippen LogP contribution in [0.4, 0.5) is 11.6 Å². The zero-order chi connectivity index (χ0) is 19.8. The predicted molar refractivity (Wildman–Crippen MR) is 103 cm³/mol. The standard InChI is InChI=1S/C20H19N5O3/c1-2-28-19(27)15-5-3-4-6-16(15)24-20-22-12-9-17(25-20)18(26)23-13-14-7-10-21-11-8-14/h3-12H,2,13H2,1H3,(H,23,26)(H,22,24,25). The summed E-state index contributed by atoms with van der Waals surface area (Å²) in [7, 11) is 0. The number of benzene rings is 1. The smallest absolute Gasteiger partial charge is 0.340 e. The van der Waals surface area contributed by atoms with E-state index in [2.05, 4.69) is 25.6 Å². The number of esters is 1. The summed E-state index contributed by atoms with van der Waals surface area (Å²) >= 11 is 0. The lowest BCUT2D eigenvalue weighted by Gasteiger charge is -2.11. The molecule has 3 aromatic rings. The van der Waals surface area contributed by atoms with Gasteiger partial charge in [-0.1, -0.05) is 12.1 Å². The Kier molecular flexibility index (Phi) is 6.25. The molecule has 0 atom stereocenters. The molecule has 8 nitrogen and oxygen atoms in total. The normalized spacial score (nSPS) is 10.2. The average molecular weight is 377 g/mol. The first-order valence-electron chi connectivity index (χ1n) is 8.70.